The Morgan fingerprint density at radius 2 is 1.86 bits per heavy atom. The molecule has 0 aliphatic heterocycles. The van der Waals surface area contributed by atoms with Crippen LogP contribution in [0.2, 0.25) is 5.02 Å². The second-order valence-corrected chi connectivity index (χ2v) is 6.95. The smallest absolute Gasteiger partial charge is 0.337 e. The van der Waals surface area contributed by atoms with Crippen LogP contribution in [0.1, 0.15) is 35.0 Å². The second kappa shape index (κ2) is 9.43. The molecule has 0 fully saturated rings. The van der Waals surface area contributed by atoms with E-state index in [1.807, 2.05) is 37.3 Å². The first kappa shape index (κ1) is 20.7. The Morgan fingerprint density at radius 1 is 1.10 bits per heavy atom. The molecular weight excluding hydrogens is 390 g/mol. The maximum Gasteiger partial charge on any atom is 0.337 e. The molecule has 0 spiro atoms. The lowest BCUT2D eigenvalue weighted by molar-refractivity contribution is 0.0695. The highest BCUT2D eigenvalue weighted by molar-refractivity contribution is 6.30. The van der Waals surface area contributed by atoms with Gasteiger partial charge in [-0.05, 0) is 54.4 Å². The number of hydrogen-bond acceptors (Lipinski definition) is 4. The van der Waals surface area contributed by atoms with E-state index < -0.39 is 5.97 Å². The molecule has 0 aliphatic carbocycles. The van der Waals surface area contributed by atoms with Gasteiger partial charge in [0.25, 0.3) is 0 Å². The van der Waals surface area contributed by atoms with Crippen LogP contribution in [0.5, 0.6) is 11.5 Å². The maximum atomic E-state index is 11.7. The number of aromatic carboxylic acids is 1. The third-order valence-corrected chi connectivity index (χ3v) is 4.67. The lowest BCUT2D eigenvalue weighted by atomic mass is 10.0. The maximum absolute atomic E-state index is 11.7. The van der Waals surface area contributed by atoms with Gasteiger partial charge in [0, 0.05) is 17.0 Å². The van der Waals surface area contributed by atoms with E-state index in [0.29, 0.717) is 40.9 Å². The van der Waals surface area contributed by atoms with E-state index in [4.69, 9.17) is 21.1 Å². The fraction of sp³-hybridized carbons (Fsp3) is 0.217. The van der Waals surface area contributed by atoms with E-state index >= 15 is 0 Å². The summed E-state index contributed by atoms with van der Waals surface area (Å²) in [6.45, 7) is 2.61. The molecule has 0 saturated carbocycles. The van der Waals surface area contributed by atoms with Crippen LogP contribution >= 0.6 is 11.6 Å². The van der Waals surface area contributed by atoms with Gasteiger partial charge < -0.3 is 14.6 Å². The van der Waals surface area contributed by atoms with Crippen molar-refractivity contribution < 1.29 is 19.4 Å². The van der Waals surface area contributed by atoms with Crippen molar-refractivity contribution in [3.8, 4) is 22.8 Å². The number of benzene rings is 2. The first-order chi connectivity index (χ1) is 14.0. The number of halogens is 1. The minimum Gasteiger partial charge on any atom is -0.497 e. The van der Waals surface area contributed by atoms with Gasteiger partial charge in [-0.1, -0.05) is 30.7 Å². The van der Waals surface area contributed by atoms with Crippen LogP contribution in [0, 0.1) is 0 Å². The average Bonchev–Trinajstić information content (AvgIpc) is 2.73. The van der Waals surface area contributed by atoms with Crippen LogP contribution in [-0.4, -0.2) is 29.8 Å². The molecule has 0 aliphatic rings. The fourth-order valence-electron chi connectivity index (χ4n) is 2.95. The molecule has 29 heavy (non-hydrogen) atoms. The van der Waals surface area contributed by atoms with Crippen molar-refractivity contribution in [1.82, 2.24) is 4.98 Å². The van der Waals surface area contributed by atoms with Gasteiger partial charge in [-0.25, -0.2) is 4.79 Å². The highest BCUT2D eigenvalue weighted by atomic mass is 35.5. The Morgan fingerprint density at radius 3 is 2.52 bits per heavy atom. The van der Waals surface area contributed by atoms with Crippen LogP contribution < -0.4 is 9.47 Å². The number of carboxylic acids is 1. The van der Waals surface area contributed by atoms with Crippen molar-refractivity contribution in [1.29, 1.82) is 0 Å². The summed E-state index contributed by atoms with van der Waals surface area (Å²) >= 11 is 5.95. The molecule has 0 bridgehead atoms. The quantitative estimate of drug-likeness (QED) is 0.530. The highest BCUT2D eigenvalue weighted by Gasteiger charge is 2.16. The minimum absolute atomic E-state index is 0.169. The van der Waals surface area contributed by atoms with Gasteiger partial charge in [-0.2, -0.15) is 0 Å². The number of ether oxygens (including phenoxy) is 2. The second-order valence-electron chi connectivity index (χ2n) is 6.51. The summed E-state index contributed by atoms with van der Waals surface area (Å²) in [5.74, 6) is 0.342. The zero-order valence-electron chi connectivity index (χ0n) is 16.3. The molecule has 5 nitrogen and oxygen atoms in total. The molecule has 3 rings (SSSR count). The Kier molecular flexibility index (Phi) is 6.73. The van der Waals surface area contributed by atoms with Crippen LogP contribution in [0.25, 0.3) is 11.3 Å². The largest absolute Gasteiger partial charge is 0.497 e. The lowest BCUT2D eigenvalue weighted by Crippen LogP contribution is -2.07. The third kappa shape index (κ3) is 5.06. The number of rotatable bonds is 8. The summed E-state index contributed by atoms with van der Waals surface area (Å²) in [6, 6.07) is 16.1. The molecule has 0 atom stereocenters. The van der Waals surface area contributed by atoms with Crippen molar-refractivity contribution in [3.05, 3.63) is 76.4 Å². The van der Waals surface area contributed by atoms with Crippen molar-refractivity contribution >= 4 is 17.6 Å². The molecule has 0 radical (unpaired) electrons. The average molecular weight is 412 g/mol. The number of pyridine rings is 1. The van der Waals surface area contributed by atoms with Gasteiger partial charge in [-0.15, -0.1) is 0 Å². The van der Waals surface area contributed by atoms with E-state index in [1.165, 1.54) is 0 Å². The minimum atomic E-state index is -1.01. The predicted octanol–water partition coefficient (Wildman–Crippen LogP) is 5.49. The van der Waals surface area contributed by atoms with Gasteiger partial charge in [-0.3, -0.25) is 4.98 Å². The predicted molar refractivity (Wildman–Crippen MR) is 113 cm³/mol. The van der Waals surface area contributed by atoms with Crippen LogP contribution in [-0.2, 0) is 6.42 Å². The first-order valence-electron chi connectivity index (χ1n) is 9.30. The molecule has 1 aromatic heterocycles. The monoisotopic (exact) mass is 411 g/mol. The Hall–Kier alpha value is -3.05. The number of nitrogens with zero attached hydrogens (tertiary/aromatic N) is 1. The van der Waals surface area contributed by atoms with Gasteiger partial charge in [0.1, 0.15) is 11.5 Å². The van der Waals surface area contributed by atoms with Gasteiger partial charge in [0.15, 0.2) is 0 Å². The van der Waals surface area contributed by atoms with Crippen molar-refractivity contribution in [2.24, 2.45) is 0 Å². The zero-order valence-corrected chi connectivity index (χ0v) is 17.1. The number of carbonyl (C=O) groups is 1. The topological polar surface area (TPSA) is 68.7 Å². The standard InChI is InChI=1S/C23H22ClNO4/c1-3-12-29-22-11-8-17(28-2)14-19(22)20-10-9-18(23(26)27)21(25-20)13-15-4-6-16(24)7-5-15/h4-11,14H,3,12-13H2,1-2H3,(H,26,27). The van der Waals surface area contributed by atoms with Crippen LogP contribution in [0.15, 0.2) is 54.6 Å². The fourth-order valence-corrected chi connectivity index (χ4v) is 3.08. The molecule has 6 heteroatoms. The third-order valence-electron chi connectivity index (χ3n) is 4.41. The summed E-state index contributed by atoms with van der Waals surface area (Å²) < 4.78 is 11.2. The number of carboxylic acid groups (broad SMARTS) is 1. The molecule has 0 amide bonds. The summed E-state index contributed by atoms with van der Waals surface area (Å²) in [7, 11) is 1.60. The molecule has 1 heterocycles. The summed E-state index contributed by atoms with van der Waals surface area (Å²) in [4.78, 5) is 16.4. The number of hydrogen-bond donors (Lipinski definition) is 1. The molecule has 0 saturated heterocycles. The molecule has 0 unspecified atom stereocenters. The van der Waals surface area contributed by atoms with Crippen LogP contribution in [0.4, 0.5) is 0 Å². The molecule has 150 valence electrons. The summed E-state index contributed by atoms with van der Waals surface area (Å²) in [6.07, 6.45) is 1.25. The molecule has 3 aromatic rings. The molecule has 1 N–H and O–H groups in total. The van der Waals surface area contributed by atoms with E-state index in [1.54, 1.807) is 31.4 Å². The molecule has 2 aromatic carbocycles. The first-order valence-corrected chi connectivity index (χ1v) is 9.68. The number of methoxy groups -OCH3 is 1. The van der Waals surface area contributed by atoms with Crippen molar-refractivity contribution in [2.75, 3.05) is 13.7 Å². The normalized spacial score (nSPS) is 10.6. The summed E-state index contributed by atoms with van der Waals surface area (Å²) in [5, 5.41) is 10.2. The van der Waals surface area contributed by atoms with E-state index in [9.17, 15) is 9.90 Å². The summed E-state index contributed by atoms with van der Waals surface area (Å²) in [5.41, 5.74) is 2.95. The SMILES string of the molecule is CCCOc1ccc(OC)cc1-c1ccc(C(=O)O)c(Cc2ccc(Cl)cc2)n1. The van der Waals surface area contributed by atoms with Gasteiger partial charge in [0.2, 0.25) is 0 Å². The lowest BCUT2D eigenvalue weighted by Gasteiger charge is -2.14. The van der Waals surface area contributed by atoms with Gasteiger partial charge in [0.05, 0.1) is 30.7 Å². The van der Waals surface area contributed by atoms with E-state index in [-0.39, 0.29) is 5.56 Å². The Bertz CT molecular complexity index is 1000. The van der Waals surface area contributed by atoms with Crippen molar-refractivity contribution in [2.45, 2.75) is 19.8 Å². The van der Waals surface area contributed by atoms with E-state index in [0.717, 1.165) is 17.5 Å². The van der Waals surface area contributed by atoms with E-state index in [2.05, 4.69) is 4.98 Å². The highest BCUT2D eigenvalue weighted by Crippen LogP contribution is 2.33. The Balaban J connectivity index is 2.06. The van der Waals surface area contributed by atoms with Gasteiger partial charge >= 0.3 is 5.97 Å². The van der Waals surface area contributed by atoms with Crippen LogP contribution in [0.3, 0.4) is 0 Å². The Labute approximate surface area is 174 Å². The molecular formula is C23H22ClNO4. The zero-order chi connectivity index (χ0) is 20.8. The van der Waals surface area contributed by atoms with Crippen molar-refractivity contribution in [3.63, 3.8) is 0 Å². The number of aromatic nitrogens is 1.